The van der Waals surface area contributed by atoms with Gasteiger partial charge in [0.2, 0.25) is 5.91 Å². The molecule has 0 saturated carbocycles. The predicted octanol–water partition coefficient (Wildman–Crippen LogP) is 3.28. The molecule has 3 rings (SSSR count). The third kappa shape index (κ3) is 5.22. The second-order valence-corrected chi connectivity index (χ2v) is 6.84. The first-order valence-electron chi connectivity index (χ1n) is 8.86. The topological polar surface area (TPSA) is 32.3 Å². The van der Waals surface area contributed by atoms with Crippen molar-refractivity contribution in [2.45, 2.75) is 38.5 Å². The summed E-state index contributed by atoms with van der Waals surface area (Å²) in [5.41, 5.74) is 1.44. The Hall–Kier alpha value is -1.06. The Labute approximate surface area is 146 Å². The normalized spacial score (nSPS) is 22.4. The molecule has 2 fully saturated rings. The van der Waals surface area contributed by atoms with Gasteiger partial charge in [-0.15, -0.1) is 12.4 Å². The summed E-state index contributed by atoms with van der Waals surface area (Å²) in [6, 6.07) is 10.8. The monoisotopic (exact) mass is 336 g/mol. The smallest absolute Gasteiger partial charge is 0.226 e. The molecule has 2 saturated heterocycles. The maximum Gasteiger partial charge on any atom is 0.226 e. The van der Waals surface area contributed by atoms with Crippen LogP contribution in [0.1, 0.15) is 37.7 Å². The molecule has 1 atom stereocenters. The van der Waals surface area contributed by atoms with Crippen molar-refractivity contribution in [3.8, 4) is 0 Å². The van der Waals surface area contributed by atoms with Gasteiger partial charge in [0.05, 0.1) is 5.92 Å². The number of amides is 1. The highest BCUT2D eigenvalue weighted by Gasteiger charge is 2.28. The number of likely N-dealkylation sites (tertiary alicyclic amines) is 1. The molecule has 128 valence electrons. The SMILES string of the molecule is Cl.O=C(C1CCCNC1)N1CCC(CCc2ccccc2)CC1. The second-order valence-electron chi connectivity index (χ2n) is 6.84. The second kappa shape index (κ2) is 9.29. The van der Waals surface area contributed by atoms with E-state index in [1.807, 2.05) is 0 Å². The quantitative estimate of drug-likeness (QED) is 0.915. The van der Waals surface area contributed by atoms with Gasteiger partial charge in [-0.3, -0.25) is 4.79 Å². The fraction of sp³-hybridized carbons (Fsp3) is 0.632. The Bertz CT molecular complexity index is 466. The van der Waals surface area contributed by atoms with E-state index in [0.29, 0.717) is 5.91 Å². The van der Waals surface area contributed by atoms with Gasteiger partial charge in [-0.25, -0.2) is 0 Å². The fourth-order valence-electron chi connectivity index (χ4n) is 3.78. The van der Waals surface area contributed by atoms with E-state index in [9.17, 15) is 4.79 Å². The number of piperidine rings is 2. The van der Waals surface area contributed by atoms with Crippen LogP contribution >= 0.6 is 12.4 Å². The third-order valence-corrected chi connectivity index (χ3v) is 5.26. The van der Waals surface area contributed by atoms with Gasteiger partial charge in [-0.2, -0.15) is 0 Å². The Morgan fingerprint density at radius 1 is 1.13 bits per heavy atom. The molecule has 1 N–H and O–H groups in total. The number of benzene rings is 1. The van der Waals surface area contributed by atoms with Gasteiger partial charge in [0.1, 0.15) is 0 Å². The lowest BCUT2D eigenvalue weighted by Gasteiger charge is -2.35. The lowest BCUT2D eigenvalue weighted by molar-refractivity contribution is -0.137. The maximum atomic E-state index is 12.5. The highest BCUT2D eigenvalue weighted by atomic mass is 35.5. The molecular formula is C19H29ClN2O. The summed E-state index contributed by atoms with van der Waals surface area (Å²) < 4.78 is 0. The molecular weight excluding hydrogens is 308 g/mol. The fourth-order valence-corrected chi connectivity index (χ4v) is 3.78. The van der Waals surface area contributed by atoms with E-state index in [-0.39, 0.29) is 18.3 Å². The Balaban J connectivity index is 0.00000192. The van der Waals surface area contributed by atoms with E-state index in [2.05, 4.69) is 40.5 Å². The molecule has 0 radical (unpaired) electrons. The van der Waals surface area contributed by atoms with Crippen molar-refractivity contribution in [2.24, 2.45) is 11.8 Å². The van der Waals surface area contributed by atoms with Crippen molar-refractivity contribution in [3.05, 3.63) is 35.9 Å². The van der Waals surface area contributed by atoms with Crippen LogP contribution in [0.25, 0.3) is 0 Å². The van der Waals surface area contributed by atoms with Crippen molar-refractivity contribution >= 4 is 18.3 Å². The minimum absolute atomic E-state index is 0. The van der Waals surface area contributed by atoms with Crippen molar-refractivity contribution < 1.29 is 4.79 Å². The summed E-state index contributed by atoms with van der Waals surface area (Å²) in [5, 5.41) is 3.35. The summed E-state index contributed by atoms with van der Waals surface area (Å²) in [5.74, 6) is 1.41. The molecule has 23 heavy (non-hydrogen) atoms. The number of carbonyl (C=O) groups excluding carboxylic acids is 1. The van der Waals surface area contributed by atoms with Gasteiger partial charge in [-0.1, -0.05) is 30.3 Å². The summed E-state index contributed by atoms with van der Waals surface area (Å²) in [4.78, 5) is 14.6. The van der Waals surface area contributed by atoms with Gasteiger partial charge >= 0.3 is 0 Å². The number of nitrogens with one attached hydrogen (secondary N) is 1. The van der Waals surface area contributed by atoms with E-state index >= 15 is 0 Å². The zero-order chi connectivity index (χ0) is 15.2. The van der Waals surface area contributed by atoms with Crippen LogP contribution in [-0.2, 0) is 11.2 Å². The maximum absolute atomic E-state index is 12.5. The summed E-state index contributed by atoms with van der Waals surface area (Å²) in [7, 11) is 0. The molecule has 2 heterocycles. The van der Waals surface area contributed by atoms with Gasteiger partial charge in [0, 0.05) is 19.6 Å². The Morgan fingerprint density at radius 3 is 2.52 bits per heavy atom. The van der Waals surface area contributed by atoms with Crippen LogP contribution in [0.2, 0.25) is 0 Å². The molecule has 1 unspecified atom stereocenters. The van der Waals surface area contributed by atoms with Crippen LogP contribution in [0, 0.1) is 11.8 Å². The number of halogens is 1. The largest absolute Gasteiger partial charge is 0.342 e. The van der Waals surface area contributed by atoms with Crippen LogP contribution in [0.15, 0.2) is 30.3 Å². The van der Waals surface area contributed by atoms with Crippen molar-refractivity contribution in [1.82, 2.24) is 10.2 Å². The third-order valence-electron chi connectivity index (χ3n) is 5.26. The average Bonchev–Trinajstić information content (AvgIpc) is 2.61. The Morgan fingerprint density at radius 2 is 1.87 bits per heavy atom. The number of aryl methyl sites for hydroxylation is 1. The summed E-state index contributed by atoms with van der Waals surface area (Å²) >= 11 is 0. The van der Waals surface area contributed by atoms with E-state index < -0.39 is 0 Å². The van der Waals surface area contributed by atoms with Crippen LogP contribution in [-0.4, -0.2) is 37.0 Å². The number of rotatable bonds is 4. The molecule has 1 aromatic carbocycles. The predicted molar refractivity (Wildman–Crippen MR) is 96.9 cm³/mol. The zero-order valence-electron chi connectivity index (χ0n) is 13.9. The molecule has 2 aliphatic heterocycles. The standard InChI is InChI=1S/C19H28N2O.ClH/c22-19(18-7-4-12-20-15-18)21-13-10-17(11-14-21)9-8-16-5-2-1-3-6-16;/h1-3,5-6,17-18,20H,4,7-15H2;1H. The molecule has 0 spiro atoms. The minimum atomic E-state index is 0. The minimum Gasteiger partial charge on any atom is -0.342 e. The van der Waals surface area contributed by atoms with E-state index in [4.69, 9.17) is 0 Å². The molecule has 1 aromatic rings. The highest BCUT2D eigenvalue weighted by Crippen LogP contribution is 2.24. The number of hydrogen-bond acceptors (Lipinski definition) is 2. The van der Waals surface area contributed by atoms with E-state index in [0.717, 1.165) is 44.9 Å². The summed E-state index contributed by atoms with van der Waals surface area (Å²) in [6.45, 7) is 3.89. The zero-order valence-corrected chi connectivity index (χ0v) is 14.7. The number of hydrogen-bond donors (Lipinski definition) is 1. The lowest BCUT2D eigenvalue weighted by Crippen LogP contribution is -2.46. The lowest BCUT2D eigenvalue weighted by atomic mass is 9.89. The average molecular weight is 337 g/mol. The highest BCUT2D eigenvalue weighted by molar-refractivity contribution is 5.85. The molecule has 0 aliphatic carbocycles. The van der Waals surface area contributed by atoms with E-state index in [1.54, 1.807) is 0 Å². The Kier molecular flexibility index (Phi) is 7.38. The first-order chi connectivity index (χ1) is 10.8. The van der Waals surface area contributed by atoms with Crippen molar-refractivity contribution in [2.75, 3.05) is 26.2 Å². The number of nitrogens with zero attached hydrogens (tertiary/aromatic N) is 1. The molecule has 4 heteroatoms. The first-order valence-corrected chi connectivity index (χ1v) is 8.86. The molecule has 2 aliphatic rings. The van der Waals surface area contributed by atoms with Crippen LogP contribution in [0.4, 0.5) is 0 Å². The van der Waals surface area contributed by atoms with Gasteiger partial charge in [-0.05, 0) is 56.6 Å². The van der Waals surface area contributed by atoms with Crippen molar-refractivity contribution in [1.29, 1.82) is 0 Å². The van der Waals surface area contributed by atoms with Gasteiger partial charge in [0.15, 0.2) is 0 Å². The van der Waals surface area contributed by atoms with Crippen LogP contribution in [0.5, 0.6) is 0 Å². The van der Waals surface area contributed by atoms with Crippen LogP contribution in [0.3, 0.4) is 0 Å². The van der Waals surface area contributed by atoms with Crippen molar-refractivity contribution in [3.63, 3.8) is 0 Å². The molecule has 1 amide bonds. The van der Waals surface area contributed by atoms with Crippen LogP contribution < -0.4 is 5.32 Å². The molecule has 3 nitrogen and oxygen atoms in total. The molecule has 0 bridgehead atoms. The van der Waals surface area contributed by atoms with Gasteiger partial charge < -0.3 is 10.2 Å². The van der Waals surface area contributed by atoms with E-state index in [1.165, 1.54) is 31.2 Å². The number of carbonyl (C=O) groups is 1. The summed E-state index contributed by atoms with van der Waals surface area (Å²) in [6.07, 6.45) is 7.00. The molecule has 0 aromatic heterocycles. The van der Waals surface area contributed by atoms with Gasteiger partial charge in [0.25, 0.3) is 0 Å². The first kappa shape index (κ1) is 18.3.